The van der Waals surface area contributed by atoms with Crippen LogP contribution < -0.4 is 10.2 Å². The number of nitrogens with zero attached hydrogens (tertiary/aromatic N) is 2. The number of rotatable bonds is 6. The highest BCUT2D eigenvalue weighted by Crippen LogP contribution is 2.29. The Hall–Kier alpha value is -1.32. The van der Waals surface area contributed by atoms with E-state index in [0.29, 0.717) is 6.04 Å². The van der Waals surface area contributed by atoms with E-state index in [1.165, 1.54) is 43.6 Å². The number of anilines is 1. The Morgan fingerprint density at radius 2 is 1.73 bits per heavy atom. The van der Waals surface area contributed by atoms with Crippen molar-refractivity contribution in [2.75, 3.05) is 44.2 Å². The summed E-state index contributed by atoms with van der Waals surface area (Å²) in [7, 11) is 0. The summed E-state index contributed by atoms with van der Waals surface area (Å²) in [6.45, 7) is 10.9. The number of hydrogen-bond acceptors (Lipinski definition) is 3. The number of hydrogen-bond donors (Lipinski definition) is 1. The Balaban J connectivity index is 1.72. The molecule has 2 heterocycles. The minimum absolute atomic E-state index is 0.535. The van der Waals surface area contributed by atoms with Crippen LogP contribution in [0.3, 0.4) is 0 Å². The Morgan fingerprint density at radius 3 is 2.36 bits per heavy atom. The number of allylic oxidation sites excluding steroid dienone is 1. The zero-order valence-corrected chi connectivity index (χ0v) is 13.6. The molecule has 22 heavy (non-hydrogen) atoms. The lowest BCUT2D eigenvalue weighted by Crippen LogP contribution is -2.45. The molecule has 120 valence electrons. The predicted molar refractivity (Wildman–Crippen MR) is 94.5 cm³/mol. The topological polar surface area (TPSA) is 18.5 Å². The quantitative estimate of drug-likeness (QED) is 0.814. The van der Waals surface area contributed by atoms with Gasteiger partial charge in [0.25, 0.3) is 0 Å². The van der Waals surface area contributed by atoms with Gasteiger partial charge in [0.2, 0.25) is 0 Å². The third-order valence-electron chi connectivity index (χ3n) is 4.99. The van der Waals surface area contributed by atoms with Crippen LogP contribution in [0.2, 0.25) is 0 Å². The molecule has 0 saturated carbocycles. The van der Waals surface area contributed by atoms with Crippen LogP contribution in [0.1, 0.15) is 37.3 Å². The van der Waals surface area contributed by atoms with E-state index in [4.69, 9.17) is 0 Å². The van der Waals surface area contributed by atoms with Gasteiger partial charge in [0.1, 0.15) is 0 Å². The summed E-state index contributed by atoms with van der Waals surface area (Å²) in [6.07, 6.45) is 6.98. The van der Waals surface area contributed by atoms with E-state index < -0.39 is 0 Å². The van der Waals surface area contributed by atoms with Gasteiger partial charge in [0.05, 0.1) is 0 Å². The SMILES string of the molecule is C=CCC[C@@H](c1ccc(N2CCCC2)cc1)N1CCNCC1. The van der Waals surface area contributed by atoms with Crippen molar-refractivity contribution >= 4 is 5.69 Å². The van der Waals surface area contributed by atoms with Gasteiger partial charge < -0.3 is 10.2 Å². The monoisotopic (exact) mass is 299 g/mol. The van der Waals surface area contributed by atoms with Crippen molar-refractivity contribution < 1.29 is 0 Å². The molecule has 1 atom stereocenters. The maximum absolute atomic E-state index is 3.90. The molecule has 1 N–H and O–H groups in total. The minimum Gasteiger partial charge on any atom is -0.372 e. The van der Waals surface area contributed by atoms with Gasteiger partial charge in [-0.3, -0.25) is 4.90 Å². The Morgan fingerprint density at radius 1 is 1.05 bits per heavy atom. The van der Waals surface area contributed by atoms with Gasteiger partial charge in [-0.2, -0.15) is 0 Å². The number of piperazine rings is 1. The second kappa shape index (κ2) is 7.80. The standard InChI is InChI=1S/C19H29N3/c1-2-3-6-19(22-15-11-20-12-16-22)17-7-9-18(10-8-17)21-13-4-5-14-21/h2,7-10,19-20H,1,3-6,11-16H2/t19-/m0/s1. The fourth-order valence-corrected chi connectivity index (χ4v) is 3.71. The van der Waals surface area contributed by atoms with Crippen LogP contribution in [-0.2, 0) is 0 Å². The van der Waals surface area contributed by atoms with Gasteiger partial charge in [-0.1, -0.05) is 18.2 Å². The van der Waals surface area contributed by atoms with Gasteiger partial charge in [0.15, 0.2) is 0 Å². The highest BCUT2D eigenvalue weighted by Gasteiger charge is 2.22. The normalized spacial score (nSPS) is 21.0. The molecule has 2 fully saturated rings. The van der Waals surface area contributed by atoms with Crippen molar-refractivity contribution in [3.8, 4) is 0 Å². The van der Waals surface area contributed by atoms with Crippen molar-refractivity contribution in [2.24, 2.45) is 0 Å². The molecule has 3 heteroatoms. The van der Waals surface area contributed by atoms with Gasteiger partial charge >= 0.3 is 0 Å². The zero-order valence-electron chi connectivity index (χ0n) is 13.6. The molecule has 0 unspecified atom stereocenters. The van der Waals surface area contributed by atoms with Crippen LogP contribution in [0.25, 0.3) is 0 Å². The molecule has 0 radical (unpaired) electrons. The van der Waals surface area contributed by atoms with Crippen molar-refractivity contribution in [3.05, 3.63) is 42.5 Å². The Bertz CT molecular complexity index is 456. The second-order valence-electron chi connectivity index (χ2n) is 6.45. The fourth-order valence-electron chi connectivity index (χ4n) is 3.71. The lowest BCUT2D eigenvalue weighted by molar-refractivity contribution is 0.166. The summed E-state index contributed by atoms with van der Waals surface area (Å²) >= 11 is 0. The van der Waals surface area contributed by atoms with E-state index in [0.717, 1.165) is 32.6 Å². The lowest BCUT2D eigenvalue weighted by atomic mass is 9.99. The molecular formula is C19H29N3. The smallest absolute Gasteiger partial charge is 0.0366 e. The molecular weight excluding hydrogens is 270 g/mol. The highest BCUT2D eigenvalue weighted by atomic mass is 15.2. The lowest BCUT2D eigenvalue weighted by Gasteiger charge is -2.35. The maximum Gasteiger partial charge on any atom is 0.0366 e. The van der Waals surface area contributed by atoms with Crippen LogP contribution in [0.4, 0.5) is 5.69 Å². The number of nitrogens with one attached hydrogen (secondary N) is 1. The summed E-state index contributed by atoms with van der Waals surface area (Å²) in [5, 5.41) is 3.45. The van der Waals surface area contributed by atoms with E-state index in [1.54, 1.807) is 0 Å². The highest BCUT2D eigenvalue weighted by molar-refractivity contribution is 5.48. The average Bonchev–Trinajstić information content (AvgIpc) is 3.11. The van der Waals surface area contributed by atoms with Crippen LogP contribution >= 0.6 is 0 Å². The summed E-state index contributed by atoms with van der Waals surface area (Å²) in [6, 6.07) is 9.88. The minimum atomic E-state index is 0.535. The molecule has 2 saturated heterocycles. The molecule has 2 aliphatic heterocycles. The van der Waals surface area contributed by atoms with E-state index in [9.17, 15) is 0 Å². The van der Waals surface area contributed by atoms with E-state index in [1.807, 2.05) is 6.08 Å². The molecule has 0 bridgehead atoms. The predicted octanol–water partition coefficient (Wildman–Crippen LogP) is 3.20. The Kier molecular flexibility index (Phi) is 5.52. The van der Waals surface area contributed by atoms with Crippen molar-refractivity contribution in [1.29, 1.82) is 0 Å². The summed E-state index contributed by atoms with van der Waals surface area (Å²) in [5.41, 5.74) is 2.86. The third-order valence-corrected chi connectivity index (χ3v) is 4.99. The molecule has 1 aromatic rings. The van der Waals surface area contributed by atoms with Crippen LogP contribution in [0.15, 0.2) is 36.9 Å². The summed E-state index contributed by atoms with van der Waals surface area (Å²) in [5.74, 6) is 0. The van der Waals surface area contributed by atoms with Crippen molar-refractivity contribution in [2.45, 2.75) is 31.7 Å². The van der Waals surface area contributed by atoms with Gasteiger partial charge in [-0.25, -0.2) is 0 Å². The van der Waals surface area contributed by atoms with E-state index >= 15 is 0 Å². The molecule has 3 rings (SSSR count). The van der Waals surface area contributed by atoms with Crippen LogP contribution in [-0.4, -0.2) is 44.2 Å². The first kappa shape index (κ1) is 15.6. The van der Waals surface area contributed by atoms with Gasteiger partial charge in [-0.05, 0) is 43.4 Å². The first-order valence-corrected chi connectivity index (χ1v) is 8.79. The fraction of sp³-hybridized carbons (Fsp3) is 0.579. The molecule has 0 aliphatic carbocycles. The van der Waals surface area contributed by atoms with Gasteiger partial charge in [0, 0.05) is 51.0 Å². The zero-order chi connectivity index (χ0) is 15.2. The second-order valence-corrected chi connectivity index (χ2v) is 6.45. The molecule has 0 spiro atoms. The molecule has 0 aromatic heterocycles. The maximum atomic E-state index is 3.90. The molecule has 1 aromatic carbocycles. The summed E-state index contributed by atoms with van der Waals surface area (Å²) < 4.78 is 0. The van der Waals surface area contributed by atoms with E-state index in [2.05, 4.69) is 46.0 Å². The van der Waals surface area contributed by atoms with Crippen LogP contribution in [0, 0.1) is 0 Å². The summed E-state index contributed by atoms with van der Waals surface area (Å²) in [4.78, 5) is 5.14. The first-order chi connectivity index (χ1) is 10.9. The molecule has 2 aliphatic rings. The largest absolute Gasteiger partial charge is 0.372 e. The van der Waals surface area contributed by atoms with Crippen LogP contribution in [0.5, 0.6) is 0 Å². The van der Waals surface area contributed by atoms with E-state index in [-0.39, 0.29) is 0 Å². The number of benzene rings is 1. The third kappa shape index (κ3) is 3.71. The molecule has 0 amide bonds. The average molecular weight is 299 g/mol. The Labute approximate surface area is 135 Å². The van der Waals surface area contributed by atoms with Gasteiger partial charge in [-0.15, -0.1) is 6.58 Å². The van der Waals surface area contributed by atoms with Crippen molar-refractivity contribution in [1.82, 2.24) is 10.2 Å². The van der Waals surface area contributed by atoms with Crippen molar-refractivity contribution in [3.63, 3.8) is 0 Å². The molecule has 3 nitrogen and oxygen atoms in total. The first-order valence-electron chi connectivity index (χ1n) is 8.79.